The van der Waals surface area contributed by atoms with E-state index in [1.165, 1.54) is 45.8 Å². The fourth-order valence-electron chi connectivity index (χ4n) is 14.3. The Morgan fingerprint density at radius 1 is 0.163 bits per heavy atom. The van der Waals surface area contributed by atoms with Gasteiger partial charge in [-0.1, -0.05) is 218 Å². The first kappa shape index (κ1) is 44.9. The van der Waals surface area contributed by atoms with Crippen molar-refractivity contribution in [1.29, 1.82) is 0 Å². The molecule has 2 aliphatic rings. The summed E-state index contributed by atoms with van der Waals surface area (Å²) < 4.78 is 59.6. The van der Waals surface area contributed by atoms with Crippen molar-refractivity contribution >= 4 is 64.6 Å². The Balaban J connectivity index is 0.980. The summed E-state index contributed by atoms with van der Waals surface area (Å²) in [4.78, 5) is 0. The lowest BCUT2D eigenvalue weighted by molar-refractivity contribution is 0.509. The molecule has 0 saturated carbocycles. The Morgan fingerprint density at radius 2 is 0.463 bits per heavy atom. The molecule has 0 N–H and O–H groups in total. The van der Waals surface area contributed by atoms with Crippen molar-refractivity contribution in [3.63, 3.8) is 0 Å². The van der Waals surface area contributed by atoms with Crippen LogP contribution in [0, 0.1) is 23.3 Å². The average molecular weight is 1030 g/mol. The first-order valence-electron chi connectivity index (χ1n) is 27.0. The number of hydrogen-bond donors (Lipinski definition) is 0. The number of halogens is 4. The third kappa shape index (κ3) is 6.05. The predicted molar refractivity (Wildman–Crippen MR) is 324 cm³/mol. The molecule has 0 atom stereocenters. The second-order valence-electron chi connectivity index (χ2n) is 21.3. The van der Waals surface area contributed by atoms with E-state index in [0.29, 0.717) is 11.1 Å². The van der Waals surface area contributed by atoms with Crippen LogP contribution in [-0.4, -0.2) is 0 Å². The van der Waals surface area contributed by atoms with Gasteiger partial charge in [-0.05, 0) is 200 Å². The molecule has 0 saturated heterocycles. The van der Waals surface area contributed by atoms with E-state index in [1.54, 1.807) is 12.1 Å². The second-order valence-corrected chi connectivity index (χ2v) is 21.3. The largest absolute Gasteiger partial charge is 0.204 e. The third-order valence-electron chi connectivity index (χ3n) is 17.4. The minimum Gasteiger partial charge on any atom is -0.204 e. The molecular formula is C76H40F4. The Bertz CT molecular complexity index is 4860. The smallest absolute Gasteiger partial charge is 0.159 e. The van der Waals surface area contributed by atoms with E-state index < -0.39 is 23.3 Å². The van der Waals surface area contributed by atoms with Crippen molar-refractivity contribution < 1.29 is 17.6 Å². The first-order chi connectivity index (χ1) is 39.4. The topological polar surface area (TPSA) is 0 Å². The zero-order valence-corrected chi connectivity index (χ0v) is 42.6. The van der Waals surface area contributed by atoms with E-state index in [9.17, 15) is 8.78 Å². The highest BCUT2D eigenvalue weighted by molar-refractivity contribution is 6.42. The van der Waals surface area contributed by atoms with Gasteiger partial charge in [0.1, 0.15) is 0 Å². The van der Waals surface area contributed by atoms with Gasteiger partial charge in [-0.3, -0.25) is 0 Å². The number of benzene rings is 15. The van der Waals surface area contributed by atoms with Crippen LogP contribution in [0.15, 0.2) is 243 Å². The van der Waals surface area contributed by atoms with Crippen LogP contribution in [0.5, 0.6) is 0 Å². The van der Waals surface area contributed by atoms with Crippen LogP contribution in [0.2, 0.25) is 0 Å². The molecule has 0 amide bonds. The summed E-state index contributed by atoms with van der Waals surface area (Å²) in [7, 11) is 0. The lowest BCUT2D eigenvalue weighted by Gasteiger charge is -2.22. The maximum absolute atomic E-state index is 15.2. The van der Waals surface area contributed by atoms with Gasteiger partial charge in [0.05, 0.1) is 0 Å². The van der Waals surface area contributed by atoms with Crippen LogP contribution < -0.4 is 0 Å². The number of fused-ring (bicyclic) bond motifs is 10. The van der Waals surface area contributed by atoms with E-state index >= 15 is 8.78 Å². The highest BCUT2D eigenvalue weighted by atomic mass is 19.2. The van der Waals surface area contributed by atoms with E-state index in [-0.39, 0.29) is 0 Å². The van der Waals surface area contributed by atoms with E-state index in [1.807, 2.05) is 36.4 Å². The Labute approximate surface area is 457 Å². The Morgan fingerprint density at radius 3 is 0.812 bits per heavy atom. The summed E-state index contributed by atoms with van der Waals surface area (Å²) >= 11 is 0. The van der Waals surface area contributed by atoms with Crippen molar-refractivity contribution in [2.75, 3.05) is 0 Å². The van der Waals surface area contributed by atoms with Crippen LogP contribution in [0.1, 0.15) is 0 Å². The summed E-state index contributed by atoms with van der Waals surface area (Å²) in [5.41, 5.74) is 20.4. The molecule has 0 nitrogen and oxygen atoms in total. The molecular weight excluding hydrogens is 989 g/mol. The highest BCUT2D eigenvalue weighted by Crippen LogP contribution is 2.63. The number of hydrogen-bond acceptors (Lipinski definition) is 0. The van der Waals surface area contributed by atoms with Crippen molar-refractivity contribution in [3.8, 4) is 111 Å². The molecule has 0 radical (unpaired) electrons. The summed E-state index contributed by atoms with van der Waals surface area (Å²) in [5.74, 6) is -3.53. The minimum absolute atomic E-state index is 0.601. The lowest BCUT2D eigenvalue weighted by Crippen LogP contribution is -1.95. The quantitative estimate of drug-likeness (QED) is 0.0885. The molecule has 0 unspecified atom stereocenters. The second kappa shape index (κ2) is 16.7. The maximum atomic E-state index is 15.2. The molecule has 17 rings (SSSR count). The molecule has 0 aromatic heterocycles. The van der Waals surface area contributed by atoms with Gasteiger partial charge in [0.15, 0.2) is 23.3 Å². The molecule has 2 aliphatic carbocycles. The van der Waals surface area contributed by atoms with Crippen LogP contribution in [0.3, 0.4) is 0 Å². The highest BCUT2D eigenvalue weighted by Gasteiger charge is 2.36. The summed E-state index contributed by atoms with van der Waals surface area (Å²) in [5, 5.41) is 13.8. The predicted octanol–water partition coefficient (Wildman–Crippen LogP) is 21.9. The molecule has 4 heteroatoms. The van der Waals surface area contributed by atoms with Crippen LogP contribution >= 0.6 is 0 Å². The molecule has 0 aliphatic heterocycles. The third-order valence-corrected chi connectivity index (χ3v) is 17.4. The van der Waals surface area contributed by atoms with Crippen molar-refractivity contribution in [2.45, 2.75) is 0 Å². The van der Waals surface area contributed by atoms with Gasteiger partial charge in [0.25, 0.3) is 0 Å². The Hall–Kier alpha value is -10.2. The molecule has 0 heterocycles. The fraction of sp³-hybridized carbons (Fsp3) is 0. The standard InChI is InChI=1S/C76H40F4/c77-61-37-27-43(39-63(61)79)45-19-7-9-21-47(45)69-51-25-13-11-23-49(51)65(41-15-3-1-4-16-41)73-57-33-29-53-56-32-36-60-72-58(34-30-54(68(56)72)55-31-35-59(75(69)73)71(57)67(53)55)74-66(42-17-5-2-6-18-42)50-24-12-14-26-52(50)70(76(60)74)48-22-10-8-20-46(48)44-28-38-62(78)64(80)40-44/h1-40H. The van der Waals surface area contributed by atoms with E-state index in [2.05, 4.69) is 170 Å². The molecule has 15 aromatic rings. The summed E-state index contributed by atoms with van der Waals surface area (Å²) in [6.45, 7) is 0. The molecule has 0 spiro atoms. The summed E-state index contributed by atoms with van der Waals surface area (Å²) in [6, 6.07) is 81.8. The zero-order chi connectivity index (χ0) is 53.1. The van der Waals surface area contributed by atoms with Gasteiger partial charge in [-0.15, -0.1) is 0 Å². The van der Waals surface area contributed by atoms with Crippen LogP contribution in [0.4, 0.5) is 17.6 Å². The van der Waals surface area contributed by atoms with E-state index in [4.69, 9.17) is 0 Å². The molecule has 0 fully saturated rings. The monoisotopic (exact) mass is 1030 g/mol. The van der Waals surface area contributed by atoms with Gasteiger partial charge in [0.2, 0.25) is 0 Å². The van der Waals surface area contributed by atoms with Crippen molar-refractivity contribution in [1.82, 2.24) is 0 Å². The van der Waals surface area contributed by atoms with Crippen LogP contribution in [0.25, 0.3) is 176 Å². The maximum Gasteiger partial charge on any atom is 0.159 e. The average Bonchev–Trinajstić information content (AvgIpc) is 2.80. The molecule has 372 valence electrons. The zero-order valence-electron chi connectivity index (χ0n) is 42.6. The molecule has 15 aromatic carbocycles. The lowest BCUT2D eigenvalue weighted by atomic mass is 9.81. The van der Waals surface area contributed by atoms with Gasteiger partial charge in [-0.2, -0.15) is 0 Å². The van der Waals surface area contributed by atoms with Gasteiger partial charge >= 0.3 is 0 Å². The fourth-order valence-corrected chi connectivity index (χ4v) is 14.3. The first-order valence-corrected chi connectivity index (χ1v) is 27.0. The van der Waals surface area contributed by atoms with E-state index in [0.717, 1.165) is 143 Å². The van der Waals surface area contributed by atoms with Crippen molar-refractivity contribution in [3.05, 3.63) is 266 Å². The summed E-state index contributed by atoms with van der Waals surface area (Å²) in [6.07, 6.45) is 0. The van der Waals surface area contributed by atoms with Crippen LogP contribution in [-0.2, 0) is 0 Å². The molecule has 80 heavy (non-hydrogen) atoms. The van der Waals surface area contributed by atoms with Gasteiger partial charge < -0.3 is 0 Å². The SMILES string of the molecule is Fc1ccc(-c2ccccc2-c2c3c(c(-c4ccccc4)c4ccccc24)-c2ccc4c5ccc6c7c(ccc(c8ccc-3c2c48)c75)-c2c-6c(-c3ccccc3-c3ccc(F)c(F)c3)c3ccccc3c2-c2ccccc2)cc1F. The normalized spacial score (nSPS) is 12.2. The van der Waals surface area contributed by atoms with Gasteiger partial charge in [0, 0.05) is 0 Å². The molecule has 0 bridgehead atoms. The Kier molecular flexibility index (Phi) is 9.36. The number of rotatable bonds is 6. The van der Waals surface area contributed by atoms with Gasteiger partial charge in [-0.25, -0.2) is 17.6 Å². The minimum atomic E-state index is -0.886. The van der Waals surface area contributed by atoms with Crippen molar-refractivity contribution in [2.24, 2.45) is 0 Å².